The standard InChI is InChI=1S/C39H51N5O4/c1-27(2)29-14-16-31(17-15-29)40-36(45)33-32-18-19-39(48-32)34(33)38(47)44(35(39)37(46)41-30-12-7-4-8-13-30)21-9-20-42-22-24-43(25-23-42)26-28-10-5-3-6-11-28/h3,5-6,10-11,14-19,27,30,32-35H,4,7-9,12-13,20-26H2,1-2H3,(H,40,45)(H,41,46)/t32-,33-,34-,35+,39-/m1/s1. The molecule has 5 aliphatic rings. The number of carbonyl (C=O) groups is 3. The molecule has 1 spiro atoms. The fourth-order valence-electron chi connectivity index (χ4n) is 8.69. The minimum Gasteiger partial charge on any atom is -0.359 e. The molecular weight excluding hydrogens is 602 g/mol. The SMILES string of the molecule is CC(C)c1ccc(NC(=O)[C@@H]2[C@H]3C=C[C@]4(O3)[C@H](C(=O)NC3CCCCC3)N(CCCN3CCN(Cc5ccccc5)CC3)C(=O)[C@@H]24)cc1. The number of benzene rings is 2. The summed E-state index contributed by atoms with van der Waals surface area (Å²) in [7, 11) is 0. The van der Waals surface area contributed by atoms with Crippen LogP contribution in [0.3, 0.4) is 0 Å². The smallest absolute Gasteiger partial charge is 0.246 e. The number of carbonyl (C=O) groups excluding carboxylic acids is 3. The molecule has 2 N–H and O–H groups in total. The average Bonchev–Trinajstić information content (AvgIpc) is 3.74. The fraction of sp³-hybridized carbons (Fsp3) is 0.564. The Kier molecular flexibility index (Phi) is 9.72. The Morgan fingerprint density at radius 3 is 2.31 bits per heavy atom. The van der Waals surface area contributed by atoms with Crippen molar-refractivity contribution in [2.24, 2.45) is 11.8 Å². The second-order valence-corrected chi connectivity index (χ2v) is 14.8. The van der Waals surface area contributed by atoms with E-state index in [0.717, 1.165) is 71.4 Å². The van der Waals surface area contributed by atoms with Gasteiger partial charge in [0.05, 0.1) is 17.9 Å². The van der Waals surface area contributed by atoms with Crippen molar-refractivity contribution in [2.45, 2.75) is 88.6 Å². The van der Waals surface area contributed by atoms with Crippen LogP contribution in [0.2, 0.25) is 0 Å². The van der Waals surface area contributed by atoms with Gasteiger partial charge < -0.3 is 25.2 Å². The third kappa shape index (κ3) is 6.57. The molecule has 4 heterocycles. The summed E-state index contributed by atoms with van der Waals surface area (Å²) in [6, 6.07) is 17.8. The molecule has 7 rings (SSSR count). The molecule has 0 aromatic heterocycles. The predicted octanol–water partition coefficient (Wildman–Crippen LogP) is 4.56. The largest absolute Gasteiger partial charge is 0.359 e. The van der Waals surface area contributed by atoms with E-state index < -0.39 is 29.6 Å². The van der Waals surface area contributed by atoms with E-state index in [0.29, 0.717) is 18.2 Å². The van der Waals surface area contributed by atoms with E-state index >= 15 is 0 Å². The van der Waals surface area contributed by atoms with Crippen LogP contribution >= 0.6 is 0 Å². The van der Waals surface area contributed by atoms with Crippen molar-refractivity contribution in [3.63, 3.8) is 0 Å². The lowest BCUT2D eigenvalue weighted by molar-refractivity contribution is -0.141. The Labute approximate surface area is 285 Å². The quantitative estimate of drug-likeness (QED) is 0.346. The minimum atomic E-state index is -1.13. The van der Waals surface area contributed by atoms with Gasteiger partial charge in [-0.2, -0.15) is 0 Å². The van der Waals surface area contributed by atoms with E-state index in [2.05, 4.69) is 64.6 Å². The van der Waals surface area contributed by atoms with Crippen molar-refractivity contribution in [1.29, 1.82) is 0 Å². The van der Waals surface area contributed by atoms with Crippen molar-refractivity contribution < 1.29 is 19.1 Å². The van der Waals surface area contributed by atoms with E-state index in [-0.39, 0.29) is 23.8 Å². The van der Waals surface area contributed by atoms with Crippen LogP contribution in [0.15, 0.2) is 66.7 Å². The number of hydrogen-bond acceptors (Lipinski definition) is 6. The van der Waals surface area contributed by atoms with Crippen LogP contribution in [0.4, 0.5) is 5.69 Å². The van der Waals surface area contributed by atoms with E-state index in [1.54, 1.807) is 4.90 Å². The Bertz CT molecular complexity index is 1480. The second-order valence-electron chi connectivity index (χ2n) is 14.8. The van der Waals surface area contributed by atoms with Gasteiger partial charge in [-0.3, -0.25) is 19.3 Å². The Hall–Kier alpha value is -3.53. The first-order valence-electron chi connectivity index (χ1n) is 18.2. The molecule has 3 saturated heterocycles. The maximum atomic E-state index is 14.4. The number of rotatable bonds is 11. The first-order chi connectivity index (χ1) is 23.3. The number of fused-ring (bicyclic) bond motifs is 1. The third-order valence-electron chi connectivity index (χ3n) is 11.3. The van der Waals surface area contributed by atoms with Gasteiger partial charge in [0.1, 0.15) is 11.6 Å². The normalized spacial score (nSPS) is 29.1. The maximum Gasteiger partial charge on any atom is 0.246 e. The van der Waals surface area contributed by atoms with Gasteiger partial charge in [0, 0.05) is 51.0 Å². The number of amides is 3. The molecule has 0 unspecified atom stereocenters. The monoisotopic (exact) mass is 653 g/mol. The van der Waals surface area contributed by atoms with Gasteiger partial charge in [0.25, 0.3) is 0 Å². The van der Waals surface area contributed by atoms with Crippen LogP contribution in [0.25, 0.3) is 0 Å². The molecule has 4 aliphatic heterocycles. The molecule has 5 atom stereocenters. The van der Waals surface area contributed by atoms with Crippen LogP contribution in [0.1, 0.15) is 69.4 Å². The lowest BCUT2D eigenvalue weighted by atomic mass is 9.74. The van der Waals surface area contributed by atoms with Gasteiger partial charge in [-0.25, -0.2) is 0 Å². The van der Waals surface area contributed by atoms with Gasteiger partial charge >= 0.3 is 0 Å². The molecule has 9 nitrogen and oxygen atoms in total. The molecule has 0 radical (unpaired) electrons. The van der Waals surface area contributed by atoms with Gasteiger partial charge in [-0.15, -0.1) is 0 Å². The zero-order chi connectivity index (χ0) is 33.3. The van der Waals surface area contributed by atoms with Crippen LogP contribution in [-0.2, 0) is 25.7 Å². The summed E-state index contributed by atoms with van der Waals surface area (Å²) in [5.74, 6) is -1.56. The van der Waals surface area contributed by atoms with Crippen molar-refractivity contribution in [1.82, 2.24) is 20.0 Å². The van der Waals surface area contributed by atoms with E-state index in [4.69, 9.17) is 4.74 Å². The fourth-order valence-corrected chi connectivity index (χ4v) is 8.69. The molecule has 2 aromatic rings. The molecule has 1 saturated carbocycles. The van der Waals surface area contributed by atoms with Crippen molar-refractivity contribution in [2.75, 3.05) is 44.6 Å². The van der Waals surface area contributed by atoms with Crippen LogP contribution < -0.4 is 10.6 Å². The number of piperazine rings is 1. The summed E-state index contributed by atoms with van der Waals surface area (Å²) in [6.45, 7) is 10.5. The average molecular weight is 654 g/mol. The summed E-state index contributed by atoms with van der Waals surface area (Å²) in [5, 5.41) is 6.36. The molecule has 256 valence electrons. The number of ether oxygens (including phenoxy) is 1. The van der Waals surface area contributed by atoms with Crippen molar-refractivity contribution in [3.8, 4) is 0 Å². The third-order valence-corrected chi connectivity index (χ3v) is 11.3. The molecule has 2 aromatic carbocycles. The Morgan fingerprint density at radius 2 is 1.60 bits per heavy atom. The highest BCUT2D eigenvalue weighted by Gasteiger charge is 2.72. The summed E-state index contributed by atoms with van der Waals surface area (Å²) in [5.41, 5.74) is 2.10. The zero-order valence-corrected chi connectivity index (χ0v) is 28.5. The van der Waals surface area contributed by atoms with Crippen LogP contribution in [-0.4, -0.2) is 95.5 Å². The zero-order valence-electron chi connectivity index (χ0n) is 28.5. The second kappa shape index (κ2) is 14.1. The lowest BCUT2D eigenvalue weighted by Gasteiger charge is -2.36. The molecule has 48 heavy (non-hydrogen) atoms. The summed E-state index contributed by atoms with van der Waals surface area (Å²) in [6.07, 6.45) is 9.34. The topological polar surface area (TPSA) is 94.2 Å². The number of nitrogens with one attached hydrogen (secondary N) is 2. The van der Waals surface area contributed by atoms with Crippen LogP contribution in [0, 0.1) is 11.8 Å². The highest BCUT2D eigenvalue weighted by atomic mass is 16.5. The number of anilines is 1. The van der Waals surface area contributed by atoms with E-state index in [9.17, 15) is 14.4 Å². The van der Waals surface area contributed by atoms with Crippen molar-refractivity contribution in [3.05, 3.63) is 77.9 Å². The molecule has 1 aliphatic carbocycles. The lowest BCUT2D eigenvalue weighted by Crippen LogP contribution is -2.56. The first-order valence-corrected chi connectivity index (χ1v) is 18.2. The van der Waals surface area contributed by atoms with E-state index in [1.165, 1.54) is 17.5 Å². The first kappa shape index (κ1) is 33.0. The highest BCUT2D eigenvalue weighted by molar-refractivity contribution is 6.02. The van der Waals surface area contributed by atoms with Gasteiger partial charge in [0.2, 0.25) is 17.7 Å². The number of nitrogens with zero attached hydrogens (tertiary/aromatic N) is 3. The maximum absolute atomic E-state index is 14.4. The minimum absolute atomic E-state index is 0.112. The predicted molar refractivity (Wildman–Crippen MR) is 186 cm³/mol. The Balaban J connectivity index is 1.03. The molecule has 3 amide bonds. The Morgan fingerprint density at radius 1 is 0.896 bits per heavy atom. The molecular formula is C39H51N5O4. The van der Waals surface area contributed by atoms with Gasteiger partial charge in [0.15, 0.2) is 0 Å². The van der Waals surface area contributed by atoms with Gasteiger partial charge in [-0.1, -0.05) is 87.7 Å². The molecule has 2 bridgehead atoms. The van der Waals surface area contributed by atoms with Crippen molar-refractivity contribution >= 4 is 23.4 Å². The summed E-state index contributed by atoms with van der Waals surface area (Å²) >= 11 is 0. The number of likely N-dealkylation sites (tertiary alicyclic amines) is 1. The highest BCUT2D eigenvalue weighted by Crippen LogP contribution is 2.55. The van der Waals surface area contributed by atoms with Gasteiger partial charge in [-0.05, 0) is 55.0 Å². The van der Waals surface area contributed by atoms with E-state index in [1.807, 2.05) is 36.4 Å². The molecule has 4 fully saturated rings. The number of hydrogen-bond donors (Lipinski definition) is 2. The summed E-state index contributed by atoms with van der Waals surface area (Å²) < 4.78 is 6.58. The summed E-state index contributed by atoms with van der Waals surface area (Å²) in [4.78, 5) is 49.1. The molecule has 9 heteroatoms. The van der Waals surface area contributed by atoms with Crippen LogP contribution in [0.5, 0.6) is 0 Å².